The molecule has 1 aromatic carbocycles. The lowest BCUT2D eigenvalue weighted by Crippen LogP contribution is -2.08. The van der Waals surface area contributed by atoms with E-state index >= 15 is 0 Å². The van der Waals surface area contributed by atoms with Gasteiger partial charge >= 0.3 is 11.6 Å². The molecule has 3 rings (SSSR count). The van der Waals surface area contributed by atoms with Crippen molar-refractivity contribution >= 4 is 45.7 Å². The second-order valence-corrected chi connectivity index (χ2v) is 7.36. The summed E-state index contributed by atoms with van der Waals surface area (Å²) in [4.78, 5) is 35.0. The van der Waals surface area contributed by atoms with Crippen molar-refractivity contribution in [2.24, 2.45) is 0 Å². The maximum absolute atomic E-state index is 12.2. The minimum atomic E-state index is -0.566. The average molecular weight is 391 g/mol. The summed E-state index contributed by atoms with van der Waals surface area (Å²) in [5, 5.41) is 13.7. The van der Waals surface area contributed by atoms with Crippen LogP contribution in [0.2, 0.25) is 0 Å². The van der Waals surface area contributed by atoms with Crippen molar-refractivity contribution in [2.75, 3.05) is 6.61 Å². The molecule has 134 valence electrons. The number of ether oxygens (including phenoxy) is 1. The Kier molecular flexibility index (Phi) is 5.38. The monoisotopic (exact) mass is 391 g/mol. The fourth-order valence-corrected chi connectivity index (χ4v) is 4.52. The molecule has 0 saturated heterocycles. The van der Waals surface area contributed by atoms with E-state index in [0.29, 0.717) is 9.79 Å². The van der Waals surface area contributed by atoms with Crippen LogP contribution in [-0.4, -0.2) is 17.5 Å². The summed E-state index contributed by atoms with van der Waals surface area (Å²) in [6.07, 6.45) is -0.187. The number of thiophene rings is 1. The third-order valence-electron chi connectivity index (χ3n) is 3.44. The third-order valence-corrected chi connectivity index (χ3v) is 5.67. The van der Waals surface area contributed by atoms with Gasteiger partial charge in [0.25, 0.3) is 5.69 Å². The van der Waals surface area contributed by atoms with Crippen molar-refractivity contribution in [3.63, 3.8) is 0 Å². The van der Waals surface area contributed by atoms with Gasteiger partial charge in [-0.1, -0.05) is 30.0 Å². The molecule has 0 aliphatic rings. The number of esters is 1. The highest BCUT2D eigenvalue weighted by molar-refractivity contribution is 8.01. The predicted octanol–water partition coefficient (Wildman–Crippen LogP) is 4.02. The van der Waals surface area contributed by atoms with Gasteiger partial charge in [0.2, 0.25) is 0 Å². The van der Waals surface area contributed by atoms with E-state index < -0.39 is 16.5 Å². The molecule has 0 atom stereocenters. The number of carbonyl (C=O) groups is 1. The Morgan fingerprint density at radius 1 is 1.38 bits per heavy atom. The Bertz CT molecular complexity index is 1040. The lowest BCUT2D eigenvalue weighted by Gasteiger charge is -2.02. The van der Waals surface area contributed by atoms with Crippen molar-refractivity contribution < 1.29 is 18.9 Å². The number of carbonyl (C=O) groups excluding carboxylic acids is 1. The van der Waals surface area contributed by atoms with Gasteiger partial charge in [-0.05, 0) is 19.1 Å². The van der Waals surface area contributed by atoms with Gasteiger partial charge in [0, 0.05) is 10.8 Å². The minimum Gasteiger partial charge on any atom is -0.466 e. The predicted molar refractivity (Wildman–Crippen MR) is 97.9 cm³/mol. The molecule has 7 nitrogen and oxygen atoms in total. The number of fused-ring (bicyclic) bond motifs is 1. The molecule has 9 heteroatoms. The normalized spacial score (nSPS) is 10.8. The SMILES string of the molecule is CCOC(=O)Cc1csc(Sc2cc3ccccc3oc2=O)c1[N+](=O)[O-]. The van der Waals surface area contributed by atoms with Crippen LogP contribution in [0.3, 0.4) is 0 Å². The molecule has 2 heterocycles. The lowest BCUT2D eigenvalue weighted by atomic mass is 10.2. The summed E-state index contributed by atoms with van der Waals surface area (Å²) in [5.41, 5.74) is -0.0272. The smallest absolute Gasteiger partial charge is 0.350 e. The number of hydrogen-bond donors (Lipinski definition) is 0. The van der Waals surface area contributed by atoms with Crippen LogP contribution < -0.4 is 5.63 Å². The molecule has 26 heavy (non-hydrogen) atoms. The van der Waals surface area contributed by atoms with Gasteiger partial charge in [-0.2, -0.15) is 0 Å². The average Bonchev–Trinajstić information content (AvgIpc) is 2.98. The first-order valence-electron chi connectivity index (χ1n) is 7.60. The van der Waals surface area contributed by atoms with E-state index in [9.17, 15) is 19.7 Å². The van der Waals surface area contributed by atoms with Crippen LogP contribution in [0, 0.1) is 10.1 Å². The van der Waals surface area contributed by atoms with E-state index in [1.807, 2.05) is 6.07 Å². The van der Waals surface area contributed by atoms with Gasteiger partial charge in [-0.3, -0.25) is 14.9 Å². The first-order valence-corrected chi connectivity index (χ1v) is 9.30. The maximum atomic E-state index is 12.2. The number of para-hydroxylation sites is 1. The highest BCUT2D eigenvalue weighted by Crippen LogP contribution is 2.41. The fourth-order valence-electron chi connectivity index (χ4n) is 2.34. The summed E-state index contributed by atoms with van der Waals surface area (Å²) in [5.74, 6) is -0.532. The Morgan fingerprint density at radius 3 is 2.88 bits per heavy atom. The fraction of sp³-hybridized carbons (Fsp3) is 0.176. The van der Waals surface area contributed by atoms with E-state index in [4.69, 9.17) is 9.15 Å². The summed E-state index contributed by atoms with van der Waals surface area (Å²) >= 11 is 2.07. The molecule has 0 unspecified atom stereocenters. The zero-order chi connectivity index (χ0) is 18.7. The molecule has 0 spiro atoms. The van der Waals surface area contributed by atoms with Gasteiger partial charge in [-0.25, -0.2) is 4.79 Å². The van der Waals surface area contributed by atoms with Crippen molar-refractivity contribution in [1.82, 2.24) is 0 Å². The van der Waals surface area contributed by atoms with Crippen LogP contribution >= 0.6 is 23.1 Å². The minimum absolute atomic E-state index is 0.180. The standard InChI is InChI=1S/C17H13NO6S2/c1-2-23-14(19)8-11-9-25-17(15(11)18(21)22)26-13-7-10-5-3-4-6-12(10)24-16(13)20/h3-7,9H,2,8H2,1H3. The largest absolute Gasteiger partial charge is 0.466 e. The lowest BCUT2D eigenvalue weighted by molar-refractivity contribution is -0.387. The molecule has 2 aromatic heterocycles. The summed E-state index contributed by atoms with van der Waals surface area (Å²) < 4.78 is 10.4. The maximum Gasteiger partial charge on any atom is 0.350 e. The van der Waals surface area contributed by atoms with E-state index in [1.165, 1.54) is 0 Å². The van der Waals surface area contributed by atoms with Crippen molar-refractivity contribution in [3.05, 3.63) is 61.8 Å². The van der Waals surface area contributed by atoms with Gasteiger partial charge in [0.05, 0.1) is 28.4 Å². The summed E-state index contributed by atoms with van der Waals surface area (Å²) in [6, 6.07) is 8.67. The van der Waals surface area contributed by atoms with Gasteiger partial charge in [-0.15, -0.1) is 11.3 Å². The molecule has 0 bridgehead atoms. The zero-order valence-electron chi connectivity index (χ0n) is 13.6. The van der Waals surface area contributed by atoms with E-state index in [0.717, 1.165) is 28.5 Å². The summed E-state index contributed by atoms with van der Waals surface area (Å²) in [6.45, 7) is 1.87. The van der Waals surface area contributed by atoms with Crippen molar-refractivity contribution in [3.8, 4) is 0 Å². The number of nitro groups is 1. The number of benzene rings is 1. The number of nitrogens with zero attached hydrogens (tertiary/aromatic N) is 1. The van der Waals surface area contributed by atoms with Crippen molar-refractivity contribution in [2.45, 2.75) is 22.4 Å². The first-order chi connectivity index (χ1) is 12.5. The quantitative estimate of drug-likeness (QED) is 0.271. The van der Waals surface area contributed by atoms with Crippen LogP contribution in [-0.2, 0) is 16.0 Å². The molecule has 0 N–H and O–H groups in total. The van der Waals surface area contributed by atoms with Crippen LogP contribution in [0.15, 0.2) is 54.0 Å². The first kappa shape index (κ1) is 18.2. The Morgan fingerprint density at radius 2 is 2.15 bits per heavy atom. The molecule has 0 fully saturated rings. The second-order valence-electron chi connectivity index (χ2n) is 5.17. The zero-order valence-corrected chi connectivity index (χ0v) is 15.2. The Balaban J connectivity index is 1.96. The van der Waals surface area contributed by atoms with Crippen LogP contribution in [0.1, 0.15) is 12.5 Å². The molecule has 0 aliphatic carbocycles. The highest BCUT2D eigenvalue weighted by atomic mass is 32.2. The van der Waals surface area contributed by atoms with Crippen LogP contribution in [0.4, 0.5) is 5.69 Å². The Hall–Kier alpha value is -2.65. The van der Waals surface area contributed by atoms with Crippen LogP contribution in [0.25, 0.3) is 11.0 Å². The molecule has 0 saturated carbocycles. The topological polar surface area (TPSA) is 99.7 Å². The number of hydrogen-bond acceptors (Lipinski definition) is 8. The molecule has 0 radical (unpaired) electrons. The molecule has 0 amide bonds. The van der Waals surface area contributed by atoms with Gasteiger partial charge in [0.15, 0.2) is 0 Å². The summed E-state index contributed by atoms with van der Waals surface area (Å²) in [7, 11) is 0. The van der Waals surface area contributed by atoms with E-state index in [2.05, 4.69) is 0 Å². The molecular formula is C17H13NO6S2. The van der Waals surface area contributed by atoms with Gasteiger partial charge < -0.3 is 9.15 Å². The highest BCUT2D eigenvalue weighted by Gasteiger charge is 2.26. The second kappa shape index (κ2) is 7.71. The van der Waals surface area contributed by atoms with Crippen LogP contribution in [0.5, 0.6) is 0 Å². The molecule has 0 aliphatic heterocycles. The van der Waals surface area contributed by atoms with E-state index in [-0.39, 0.29) is 29.2 Å². The van der Waals surface area contributed by atoms with E-state index in [1.54, 1.807) is 36.6 Å². The molecule has 3 aromatic rings. The van der Waals surface area contributed by atoms with Crippen molar-refractivity contribution in [1.29, 1.82) is 0 Å². The number of rotatable bonds is 6. The molecular weight excluding hydrogens is 378 g/mol. The van der Waals surface area contributed by atoms with Gasteiger partial charge in [0.1, 0.15) is 9.79 Å². The Labute approximate surface area is 155 Å². The third kappa shape index (κ3) is 3.78.